The zero-order chi connectivity index (χ0) is 23.4. The van der Waals surface area contributed by atoms with E-state index in [1.807, 2.05) is 24.3 Å². The lowest BCUT2D eigenvalue weighted by Gasteiger charge is -2.18. The van der Waals surface area contributed by atoms with E-state index in [0.29, 0.717) is 0 Å². The second kappa shape index (κ2) is 9.60. The van der Waals surface area contributed by atoms with Crippen molar-refractivity contribution in [3.63, 3.8) is 0 Å². The van der Waals surface area contributed by atoms with Gasteiger partial charge in [-0.3, -0.25) is 19.4 Å². The van der Waals surface area contributed by atoms with Crippen LogP contribution in [0.5, 0.6) is 0 Å². The fraction of sp³-hybridized carbons (Fsp3) is 0.200. The molecule has 168 valence electrons. The number of nitrogens with one attached hydrogen (secondary N) is 2. The zero-order valence-corrected chi connectivity index (χ0v) is 18.0. The number of pyridine rings is 1. The normalized spacial score (nSPS) is 15.4. The van der Waals surface area contributed by atoms with Crippen LogP contribution in [0.4, 0.5) is 21.5 Å². The summed E-state index contributed by atoms with van der Waals surface area (Å²) in [7, 11) is 0. The fourth-order valence-corrected chi connectivity index (χ4v) is 3.69. The van der Waals surface area contributed by atoms with Crippen LogP contribution in [-0.2, 0) is 16.0 Å². The Kier molecular flexibility index (Phi) is 6.44. The average molecular weight is 446 g/mol. The molecule has 1 aromatic heterocycles. The van der Waals surface area contributed by atoms with Crippen molar-refractivity contribution < 1.29 is 18.8 Å². The van der Waals surface area contributed by atoms with Gasteiger partial charge in [-0.05, 0) is 54.4 Å². The first-order valence-electron chi connectivity index (χ1n) is 10.7. The van der Waals surface area contributed by atoms with Crippen molar-refractivity contribution in [1.82, 2.24) is 4.98 Å². The summed E-state index contributed by atoms with van der Waals surface area (Å²) in [5.41, 5.74) is 2.43. The number of aryl methyl sites for hydroxylation is 1. The number of carbonyl (C=O) groups is 3. The maximum atomic E-state index is 13.9. The van der Waals surface area contributed by atoms with Crippen LogP contribution in [0.2, 0.25) is 0 Å². The molecule has 0 radical (unpaired) electrons. The Morgan fingerprint density at radius 1 is 1.06 bits per heavy atom. The second-order valence-electron chi connectivity index (χ2n) is 7.77. The van der Waals surface area contributed by atoms with Crippen LogP contribution in [0.1, 0.15) is 29.4 Å². The monoisotopic (exact) mass is 446 g/mol. The average Bonchev–Trinajstić information content (AvgIpc) is 3.23. The van der Waals surface area contributed by atoms with Gasteiger partial charge in [0.05, 0.1) is 17.3 Å². The largest absolute Gasteiger partial charge is 0.324 e. The molecular weight excluding hydrogens is 423 g/mol. The number of anilines is 3. The van der Waals surface area contributed by atoms with Crippen LogP contribution in [0.15, 0.2) is 66.9 Å². The molecule has 8 heteroatoms. The van der Waals surface area contributed by atoms with Gasteiger partial charge >= 0.3 is 0 Å². The molecule has 1 atom stereocenters. The minimum atomic E-state index is -0.606. The van der Waals surface area contributed by atoms with Crippen molar-refractivity contribution in [3.05, 3.63) is 83.9 Å². The Morgan fingerprint density at radius 2 is 1.85 bits per heavy atom. The van der Waals surface area contributed by atoms with Crippen molar-refractivity contribution in [2.24, 2.45) is 5.92 Å². The number of rotatable bonds is 6. The highest BCUT2D eigenvalue weighted by Gasteiger charge is 2.35. The SMILES string of the molecule is CCc1ccc(N2CC(C(=O)Nc3cc(F)ccc3NC(=O)c3ccccn3)CC2=O)cc1. The van der Waals surface area contributed by atoms with Crippen LogP contribution >= 0.6 is 0 Å². The molecule has 4 rings (SSSR count). The number of aromatic nitrogens is 1. The Labute approximate surface area is 190 Å². The van der Waals surface area contributed by atoms with Gasteiger partial charge in [-0.2, -0.15) is 0 Å². The summed E-state index contributed by atoms with van der Waals surface area (Å²) in [6.45, 7) is 2.27. The third-order valence-electron chi connectivity index (χ3n) is 5.54. The molecule has 33 heavy (non-hydrogen) atoms. The maximum absolute atomic E-state index is 13.9. The first kappa shape index (κ1) is 22.1. The van der Waals surface area contributed by atoms with E-state index < -0.39 is 23.5 Å². The number of nitrogens with zero attached hydrogens (tertiary/aromatic N) is 2. The highest BCUT2D eigenvalue weighted by Crippen LogP contribution is 2.29. The summed E-state index contributed by atoms with van der Waals surface area (Å²) in [5, 5.41) is 5.31. The third-order valence-corrected chi connectivity index (χ3v) is 5.54. The number of hydrogen-bond donors (Lipinski definition) is 2. The van der Waals surface area contributed by atoms with Gasteiger partial charge in [-0.15, -0.1) is 0 Å². The van der Waals surface area contributed by atoms with Crippen molar-refractivity contribution in [1.29, 1.82) is 0 Å². The van der Waals surface area contributed by atoms with Gasteiger partial charge in [-0.1, -0.05) is 25.1 Å². The molecule has 0 saturated carbocycles. The topological polar surface area (TPSA) is 91.4 Å². The predicted octanol–water partition coefficient (Wildman–Crippen LogP) is 4.03. The van der Waals surface area contributed by atoms with E-state index in [4.69, 9.17) is 0 Å². The van der Waals surface area contributed by atoms with E-state index in [1.165, 1.54) is 18.3 Å². The van der Waals surface area contributed by atoms with Crippen LogP contribution in [0.3, 0.4) is 0 Å². The summed E-state index contributed by atoms with van der Waals surface area (Å²) >= 11 is 0. The molecule has 1 unspecified atom stereocenters. The molecule has 1 fully saturated rings. The third kappa shape index (κ3) is 5.06. The lowest BCUT2D eigenvalue weighted by molar-refractivity contribution is -0.122. The maximum Gasteiger partial charge on any atom is 0.274 e. The number of carbonyl (C=O) groups excluding carboxylic acids is 3. The Morgan fingerprint density at radius 3 is 2.55 bits per heavy atom. The molecule has 2 aromatic carbocycles. The fourth-order valence-electron chi connectivity index (χ4n) is 3.69. The van der Waals surface area contributed by atoms with E-state index >= 15 is 0 Å². The number of amides is 3. The number of hydrogen-bond acceptors (Lipinski definition) is 4. The van der Waals surface area contributed by atoms with E-state index in [9.17, 15) is 18.8 Å². The summed E-state index contributed by atoms with van der Waals surface area (Å²) in [4.78, 5) is 43.5. The first-order chi connectivity index (χ1) is 15.9. The Balaban J connectivity index is 1.47. The molecule has 1 aliphatic heterocycles. The van der Waals surface area contributed by atoms with E-state index in [1.54, 1.807) is 23.1 Å². The number of benzene rings is 2. The highest BCUT2D eigenvalue weighted by atomic mass is 19.1. The minimum Gasteiger partial charge on any atom is -0.324 e. The molecule has 1 aliphatic rings. The van der Waals surface area contributed by atoms with Gasteiger partial charge in [0.15, 0.2) is 0 Å². The molecule has 3 aromatic rings. The smallest absolute Gasteiger partial charge is 0.274 e. The zero-order valence-electron chi connectivity index (χ0n) is 18.0. The Bertz CT molecular complexity index is 1180. The second-order valence-corrected chi connectivity index (χ2v) is 7.77. The molecule has 0 spiro atoms. The van der Waals surface area contributed by atoms with Crippen LogP contribution in [0.25, 0.3) is 0 Å². The number of halogens is 1. The van der Waals surface area contributed by atoms with Gasteiger partial charge in [0.1, 0.15) is 11.5 Å². The van der Waals surface area contributed by atoms with E-state index in [0.717, 1.165) is 23.7 Å². The quantitative estimate of drug-likeness (QED) is 0.598. The van der Waals surface area contributed by atoms with E-state index in [-0.39, 0.29) is 35.9 Å². The van der Waals surface area contributed by atoms with Crippen molar-refractivity contribution in [2.45, 2.75) is 19.8 Å². The van der Waals surface area contributed by atoms with Crippen LogP contribution in [0, 0.1) is 11.7 Å². The van der Waals surface area contributed by atoms with Crippen molar-refractivity contribution in [3.8, 4) is 0 Å². The van der Waals surface area contributed by atoms with Gasteiger partial charge in [0.2, 0.25) is 11.8 Å². The van der Waals surface area contributed by atoms with Crippen LogP contribution < -0.4 is 15.5 Å². The van der Waals surface area contributed by atoms with E-state index in [2.05, 4.69) is 22.5 Å². The highest BCUT2D eigenvalue weighted by molar-refractivity contribution is 6.08. The van der Waals surface area contributed by atoms with Gasteiger partial charge < -0.3 is 15.5 Å². The molecule has 1 saturated heterocycles. The molecule has 7 nitrogen and oxygen atoms in total. The van der Waals surface area contributed by atoms with Crippen LogP contribution in [-0.4, -0.2) is 29.3 Å². The lowest BCUT2D eigenvalue weighted by atomic mass is 10.1. The summed E-state index contributed by atoms with van der Waals surface area (Å²) in [6.07, 6.45) is 2.43. The minimum absolute atomic E-state index is 0.0479. The van der Waals surface area contributed by atoms with Crippen molar-refractivity contribution in [2.75, 3.05) is 22.1 Å². The first-order valence-corrected chi connectivity index (χ1v) is 10.7. The molecular formula is C25H23FN4O3. The molecule has 2 N–H and O–H groups in total. The molecule has 0 bridgehead atoms. The van der Waals surface area contributed by atoms with Gasteiger partial charge in [0, 0.05) is 24.8 Å². The standard InChI is InChI=1S/C25H23FN4O3/c1-2-16-6-9-19(10-7-16)30-15-17(13-23(30)31)24(32)29-22-14-18(26)8-11-20(22)28-25(33)21-5-3-4-12-27-21/h3-12,14,17H,2,13,15H2,1H3,(H,28,33)(H,29,32). The summed E-state index contributed by atoms with van der Waals surface area (Å²) < 4.78 is 13.9. The summed E-state index contributed by atoms with van der Waals surface area (Å²) in [6, 6.07) is 16.2. The molecule has 0 aliphatic carbocycles. The Hall–Kier alpha value is -4.07. The lowest BCUT2D eigenvalue weighted by Crippen LogP contribution is -2.28. The molecule has 3 amide bonds. The van der Waals surface area contributed by atoms with Gasteiger partial charge in [-0.25, -0.2) is 4.39 Å². The van der Waals surface area contributed by atoms with Crippen molar-refractivity contribution >= 4 is 34.8 Å². The predicted molar refractivity (Wildman–Crippen MR) is 123 cm³/mol. The molecule has 2 heterocycles. The summed E-state index contributed by atoms with van der Waals surface area (Å²) in [5.74, 6) is -2.24. The van der Waals surface area contributed by atoms with Gasteiger partial charge in [0.25, 0.3) is 5.91 Å².